The second-order valence-corrected chi connectivity index (χ2v) is 5.28. The van der Waals surface area contributed by atoms with Crippen LogP contribution >= 0.6 is 0 Å². The maximum Gasteiger partial charge on any atom is 0.272 e. The zero-order valence-electron chi connectivity index (χ0n) is 12.9. The van der Waals surface area contributed by atoms with E-state index >= 15 is 0 Å². The maximum atomic E-state index is 13.2. The minimum absolute atomic E-state index is 0.148. The van der Waals surface area contributed by atoms with Crippen molar-refractivity contribution in [3.8, 4) is 0 Å². The zero-order valence-corrected chi connectivity index (χ0v) is 12.9. The third-order valence-corrected chi connectivity index (χ3v) is 3.37. The molecule has 2 aromatic rings. The summed E-state index contributed by atoms with van der Waals surface area (Å²) in [5, 5.41) is 2.67. The van der Waals surface area contributed by atoms with E-state index < -0.39 is 23.4 Å². The Balaban J connectivity index is 1.97. The van der Waals surface area contributed by atoms with Gasteiger partial charge in [-0.3, -0.25) is 9.59 Å². The van der Waals surface area contributed by atoms with Crippen molar-refractivity contribution in [2.75, 3.05) is 0 Å². The van der Waals surface area contributed by atoms with Crippen LogP contribution in [0.1, 0.15) is 39.9 Å². The molecule has 0 bridgehead atoms. The van der Waals surface area contributed by atoms with E-state index in [4.69, 9.17) is 5.73 Å². The van der Waals surface area contributed by atoms with E-state index in [-0.39, 0.29) is 17.4 Å². The summed E-state index contributed by atoms with van der Waals surface area (Å²) in [7, 11) is 0. The molecule has 0 radical (unpaired) electrons. The van der Waals surface area contributed by atoms with Crippen molar-refractivity contribution in [2.24, 2.45) is 5.73 Å². The number of benzene rings is 1. The SMILES string of the molecule is CC(CCc1ccc(F)c(F)c1)NC(=O)c1nccnc1C(N)=O. The lowest BCUT2D eigenvalue weighted by molar-refractivity contribution is 0.0916. The summed E-state index contributed by atoms with van der Waals surface area (Å²) in [6.07, 6.45) is 3.49. The minimum Gasteiger partial charge on any atom is -0.364 e. The number of hydrogen-bond donors (Lipinski definition) is 2. The average molecular weight is 334 g/mol. The fourth-order valence-corrected chi connectivity index (χ4v) is 2.13. The maximum absolute atomic E-state index is 13.2. The van der Waals surface area contributed by atoms with Crippen molar-refractivity contribution < 1.29 is 18.4 Å². The van der Waals surface area contributed by atoms with Gasteiger partial charge in [-0.15, -0.1) is 0 Å². The molecule has 0 saturated carbocycles. The molecule has 24 heavy (non-hydrogen) atoms. The van der Waals surface area contributed by atoms with E-state index in [1.807, 2.05) is 0 Å². The Labute approximate surface area is 137 Å². The van der Waals surface area contributed by atoms with Crippen LogP contribution in [0.4, 0.5) is 8.78 Å². The van der Waals surface area contributed by atoms with Gasteiger partial charge in [-0.2, -0.15) is 0 Å². The molecule has 1 atom stereocenters. The number of carbonyl (C=O) groups excluding carboxylic acids is 2. The monoisotopic (exact) mass is 334 g/mol. The Kier molecular flexibility index (Phi) is 5.51. The standard InChI is InChI=1S/C16H16F2N4O2/c1-9(2-3-10-4-5-11(17)12(18)8-10)22-16(24)14-13(15(19)23)20-6-7-21-14/h4-9H,2-3H2,1H3,(H2,19,23)(H,22,24). The van der Waals surface area contributed by atoms with Crippen LogP contribution < -0.4 is 11.1 Å². The summed E-state index contributed by atoms with van der Waals surface area (Å²) in [6, 6.07) is 3.39. The van der Waals surface area contributed by atoms with Crippen LogP contribution in [0.5, 0.6) is 0 Å². The van der Waals surface area contributed by atoms with Crippen LogP contribution in [0.3, 0.4) is 0 Å². The number of amides is 2. The summed E-state index contributed by atoms with van der Waals surface area (Å²) in [5.74, 6) is -3.23. The molecule has 1 aromatic heterocycles. The summed E-state index contributed by atoms with van der Waals surface area (Å²) in [6.45, 7) is 1.75. The normalized spacial score (nSPS) is 11.8. The van der Waals surface area contributed by atoms with Gasteiger partial charge in [-0.1, -0.05) is 6.07 Å². The van der Waals surface area contributed by atoms with Crippen LogP contribution in [0, 0.1) is 11.6 Å². The van der Waals surface area contributed by atoms with E-state index in [1.54, 1.807) is 6.92 Å². The third-order valence-electron chi connectivity index (χ3n) is 3.37. The van der Waals surface area contributed by atoms with E-state index in [2.05, 4.69) is 15.3 Å². The first-order chi connectivity index (χ1) is 11.4. The molecule has 126 valence electrons. The van der Waals surface area contributed by atoms with Crippen molar-refractivity contribution in [2.45, 2.75) is 25.8 Å². The molecule has 0 aliphatic carbocycles. The van der Waals surface area contributed by atoms with Crippen molar-refractivity contribution in [3.05, 3.63) is 59.2 Å². The molecule has 8 heteroatoms. The Morgan fingerprint density at radius 2 is 1.83 bits per heavy atom. The summed E-state index contributed by atoms with van der Waals surface area (Å²) < 4.78 is 26.0. The average Bonchev–Trinajstić information content (AvgIpc) is 2.55. The van der Waals surface area contributed by atoms with Gasteiger partial charge >= 0.3 is 0 Å². The molecule has 0 saturated heterocycles. The molecule has 2 rings (SSSR count). The molecular weight excluding hydrogens is 318 g/mol. The van der Waals surface area contributed by atoms with Crippen molar-refractivity contribution in [3.63, 3.8) is 0 Å². The van der Waals surface area contributed by atoms with Crippen LogP contribution in [0.25, 0.3) is 0 Å². The topological polar surface area (TPSA) is 98.0 Å². The number of halogens is 2. The second kappa shape index (κ2) is 7.58. The molecular formula is C16H16F2N4O2. The summed E-state index contributed by atoms with van der Waals surface area (Å²) >= 11 is 0. The number of aromatic nitrogens is 2. The highest BCUT2D eigenvalue weighted by Crippen LogP contribution is 2.11. The molecule has 0 fully saturated rings. The second-order valence-electron chi connectivity index (χ2n) is 5.28. The van der Waals surface area contributed by atoms with E-state index in [0.717, 1.165) is 12.1 Å². The predicted octanol–water partition coefficient (Wildman–Crippen LogP) is 1.60. The molecule has 0 aliphatic rings. The quantitative estimate of drug-likeness (QED) is 0.838. The molecule has 2 amide bonds. The summed E-state index contributed by atoms with van der Waals surface area (Å²) in [5.41, 5.74) is 5.42. The molecule has 0 spiro atoms. The van der Waals surface area contributed by atoms with Gasteiger partial charge in [0.15, 0.2) is 23.0 Å². The number of nitrogens with one attached hydrogen (secondary N) is 1. The number of rotatable bonds is 6. The lowest BCUT2D eigenvalue weighted by Crippen LogP contribution is -2.35. The lowest BCUT2D eigenvalue weighted by Gasteiger charge is -2.14. The number of hydrogen-bond acceptors (Lipinski definition) is 4. The van der Waals surface area contributed by atoms with Gasteiger partial charge in [0.1, 0.15) is 0 Å². The zero-order chi connectivity index (χ0) is 17.7. The third kappa shape index (κ3) is 4.31. The number of carbonyl (C=O) groups is 2. The van der Waals surface area contributed by atoms with Crippen molar-refractivity contribution >= 4 is 11.8 Å². The van der Waals surface area contributed by atoms with E-state index in [9.17, 15) is 18.4 Å². The predicted molar refractivity (Wildman–Crippen MR) is 82.2 cm³/mol. The van der Waals surface area contributed by atoms with Gasteiger partial charge < -0.3 is 11.1 Å². The number of aryl methyl sites for hydroxylation is 1. The fraction of sp³-hybridized carbons (Fsp3) is 0.250. The van der Waals surface area contributed by atoms with Crippen LogP contribution in [0.2, 0.25) is 0 Å². The van der Waals surface area contributed by atoms with Gasteiger partial charge in [-0.25, -0.2) is 18.7 Å². The first-order valence-electron chi connectivity index (χ1n) is 7.24. The van der Waals surface area contributed by atoms with Gasteiger partial charge in [-0.05, 0) is 37.5 Å². The highest BCUT2D eigenvalue weighted by Gasteiger charge is 2.19. The highest BCUT2D eigenvalue weighted by atomic mass is 19.2. The number of nitrogens with two attached hydrogens (primary N) is 1. The molecule has 3 N–H and O–H groups in total. The number of primary amides is 1. The van der Waals surface area contributed by atoms with Crippen molar-refractivity contribution in [1.82, 2.24) is 15.3 Å². The Morgan fingerprint density at radius 1 is 1.17 bits per heavy atom. The molecule has 6 nitrogen and oxygen atoms in total. The first-order valence-corrected chi connectivity index (χ1v) is 7.24. The smallest absolute Gasteiger partial charge is 0.272 e. The van der Waals surface area contributed by atoms with Crippen LogP contribution in [-0.2, 0) is 6.42 Å². The first kappa shape index (κ1) is 17.5. The summed E-state index contributed by atoms with van der Waals surface area (Å²) in [4.78, 5) is 31.0. The molecule has 1 heterocycles. The van der Waals surface area contributed by atoms with Gasteiger partial charge in [0.25, 0.3) is 11.8 Å². The Hall–Kier alpha value is -2.90. The van der Waals surface area contributed by atoms with Crippen LogP contribution in [0.15, 0.2) is 30.6 Å². The largest absolute Gasteiger partial charge is 0.364 e. The number of nitrogens with zero attached hydrogens (tertiary/aromatic N) is 2. The Morgan fingerprint density at radius 3 is 2.46 bits per heavy atom. The van der Waals surface area contributed by atoms with Gasteiger partial charge in [0.2, 0.25) is 0 Å². The minimum atomic E-state index is -0.908. The van der Waals surface area contributed by atoms with Crippen LogP contribution in [-0.4, -0.2) is 27.8 Å². The lowest BCUT2D eigenvalue weighted by atomic mass is 10.1. The molecule has 1 aromatic carbocycles. The fourth-order valence-electron chi connectivity index (χ4n) is 2.13. The Bertz CT molecular complexity index is 767. The van der Waals surface area contributed by atoms with E-state index in [1.165, 1.54) is 18.5 Å². The van der Waals surface area contributed by atoms with Gasteiger partial charge in [0.05, 0.1) is 0 Å². The molecule has 1 unspecified atom stereocenters. The molecule has 0 aliphatic heterocycles. The van der Waals surface area contributed by atoms with Gasteiger partial charge in [0, 0.05) is 18.4 Å². The van der Waals surface area contributed by atoms with Crippen molar-refractivity contribution in [1.29, 1.82) is 0 Å². The van der Waals surface area contributed by atoms with E-state index in [0.29, 0.717) is 18.4 Å². The highest BCUT2D eigenvalue weighted by molar-refractivity contribution is 6.03.